The minimum Gasteiger partial charge on any atom is -0.484 e. The summed E-state index contributed by atoms with van der Waals surface area (Å²) < 4.78 is 55.5. The van der Waals surface area contributed by atoms with Gasteiger partial charge in [-0.1, -0.05) is 41.9 Å². The molecule has 4 aromatic carbocycles. The Kier molecular flexibility index (Phi) is 6.69. The molecule has 0 unspecified atom stereocenters. The highest BCUT2D eigenvalue weighted by Gasteiger charge is 2.31. The van der Waals surface area contributed by atoms with Crippen LogP contribution < -0.4 is 20.2 Å². The minimum atomic E-state index is -4.59. The van der Waals surface area contributed by atoms with Crippen molar-refractivity contribution >= 4 is 44.9 Å². The first kappa shape index (κ1) is 25.2. The van der Waals surface area contributed by atoms with Crippen LogP contribution in [-0.2, 0) is 11.0 Å². The maximum atomic E-state index is 12.9. The highest BCUT2D eigenvalue weighted by atomic mass is 35.5. The number of hydrogen-bond acceptors (Lipinski definition) is 5. The first-order chi connectivity index (χ1) is 18.2. The van der Waals surface area contributed by atoms with E-state index in [9.17, 15) is 22.8 Å². The van der Waals surface area contributed by atoms with Gasteiger partial charge in [0.1, 0.15) is 23.3 Å². The van der Waals surface area contributed by atoms with Gasteiger partial charge in [0.2, 0.25) is 11.2 Å². The molecule has 0 spiro atoms. The van der Waals surface area contributed by atoms with Crippen LogP contribution in [0.2, 0.25) is 5.02 Å². The zero-order chi connectivity index (χ0) is 26.9. The number of alkyl halides is 3. The minimum absolute atomic E-state index is 0.00112. The van der Waals surface area contributed by atoms with Gasteiger partial charge in [-0.05, 0) is 53.2 Å². The Labute approximate surface area is 218 Å². The van der Waals surface area contributed by atoms with Crippen molar-refractivity contribution in [3.8, 4) is 17.2 Å². The smallest absolute Gasteiger partial charge is 0.416 e. The molecule has 0 aliphatic carbocycles. The summed E-state index contributed by atoms with van der Waals surface area (Å²) in [6.07, 6.45) is -3.40. The molecule has 0 radical (unpaired) electrons. The monoisotopic (exact) mass is 539 g/mol. The number of carbonyl (C=O) groups excluding carboxylic acids is 1. The van der Waals surface area contributed by atoms with E-state index in [1.807, 2.05) is 36.4 Å². The Morgan fingerprint density at radius 2 is 1.68 bits per heavy atom. The lowest BCUT2D eigenvalue weighted by molar-refractivity contribution is -0.137. The van der Waals surface area contributed by atoms with Crippen molar-refractivity contribution in [3.05, 3.63) is 106 Å². The number of ether oxygens (including phenoxy) is 2. The van der Waals surface area contributed by atoms with E-state index in [4.69, 9.17) is 25.5 Å². The average Bonchev–Trinajstić information content (AvgIpc) is 2.89. The molecule has 10 heteroatoms. The van der Waals surface area contributed by atoms with Crippen molar-refractivity contribution in [3.63, 3.8) is 0 Å². The Morgan fingerprint density at radius 3 is 2.47 bits per heavy atom. The molecule has 1 heterocycles. The van der Waals surface area contributed by atoms with Gasteiger partial charge < -0.3 is 19.2 Å². The predicted molar refractivity (Wildman–Crippen MR) is 137 cm³/mol. The zero-order valence-corrected chi connectivity index (χ0v) is 20.1. The molecule has 0 aliphatic heterocycles. The summed E-state index contributed by atoms with van der Waals surface area (Å²) in [4.78, 5) is 25.2. The third-order valence-electron chi connectivity index (χ3n) is 5.60. The lowest BCUT2D eigenvalue weighted by atomic mass is 10.1. The Morgan fingerprint density at radius 1 is 0.921 bits per heavy atom. The second-order valence-electron chi connectivity index (χ2n) is 8.23. The van der Waals surface area contributed by atoms with Crippen LogP contribution in [0.5, 0.6) is 17.2 Å². The van der Waals surface area contributed by atoms with E-state index in [-0.39, 0.29) is 33.2 Å². The van der Waals surface area contributed by atoms with Gasteiger partial charge in [0.05, 0.1) is 21.7 Å². The summed E-state index contributed by atoms with van der Waals surface area (Å²) in [5.41, 5.74) is -1.35. The highest BCUT2D eigenvalue weighted by molar-refractivity contribution is 6.33. The molecule has 0 saturated heterocycles. The molecule has 0 saturated carbocycles. The fraction of sp³-hybridized carbons (Fsp3) is 0.0714. The molecule has 5 aromatic rings. The second-order valence-corrected chi connectivity index (χ2v) is 8.63. The van der Waals surface area contributed by atoms with Crippen LogP contribution in [0.15, 0.2) is 94.3 Å². The molecule has 38 heavy (non-hydrogen) atoms. The van der Waals surface area contributed by atoms with Crippen molar-refractivity contribution in [2.75, 3.05) is 11.9 Å². The van der Waals surface area contributed by atoms with Gasteiger partial charge in [0.15, 0.2) is 6.61 Å². The van der Waals surface area contributed by atoms with E-state index in [0.717, 1.165) is 29.0 Å². The molecule has 192 valence electrons. The maximum Gasteiger partial charge on any atom is 0.416 e. The van der Waals surface area contributed by atoms with Crippen molar-refractivity contribution in [2.24, 2.45) is 0 Å². The fourth-order valence-electron chi connectivity index (χ4n) is 3.74. The van der Waals surface area contributed by atoms with E-state index >= 15 is 0 Å². The van der Waals surface area contributed by atoms with E-state index < -0.39 is 29.7 Å². The molecule has 1 N–H and O–H groups in total. The van der Waals surface area contributed by atoms with Gasteiger partial charge in [-0.25, -0.2) is 0 Å². The van der Waals surface area contributed by atoms with Gasteiger partial charge in [0.25, 0.3) is 5.91 Å². The molecular weight excluding hydrogens is 523 g/mol. The first-order valence-corrected chi connectivity index (χ1v) is 11.6. The van der Waals surface area contributed by atoms with E-state index in [0.29, 0.717) is 5.75 Å². The van der Waals surface area contributed by atoms with Gasteiger partial charge >= 0.3 is 6.18 Å². The zero-order valence-electron chi connectivity index (χ0n) is 19.3. The standard InChI is InChI=1S/C28H17ClF3NO5/c29-22-10-6-18(28(30,31)32)12-23(22)33-26(34)15-36-19-8-9-21-24(13-19)37-14-25(27(21)35)38-20-7-5-16-3-1-2-4-17(16)11-20/h1-14H,15H2,(H,33,34). The van der Waals surface area contributed by atoms with E-state index in [1.54, 1.807) is 6.07 Å². The molecule has 1 aromatic heterocycles. The average molecular weight is 540 g/mol. The number of nitrogens with one attached hydrogen (secondary N) is 1. The third kappa shape index (κ3) is 5.42. The van der Waals surface area contributed by atoms with Crippen LogP contribution in [-0.4, -0.2) is 12.5 Å². The topological polar surface area (TPSA) is 77.8 Å². The Hall–Kier alpha value is -4.50. The normalized spacial score (nSPS) is 11.5. The quantitative estimate of drug-likeness (QED) is 0.243. The van der Waals surface area contributed by atoms with E-state index in [1.165, 1.54) is 24.5 Å². The molecule has 1 amide bonds. The SMILES string of the molecule is O=C(COc1ccc2c(=O)c(Oc3ccc4ccccc4c3)coc2c1)Nc1cc(C(F)(F)F)ccc1Cl. The first-order valence-electron chi connectivity index (χ1n) is 11.2. The van der Waals surface area contributed by atoms with Crippen molar-refractivity contribution in [1.29, 1.82) is 0 Å². The number of hydrogen-bond donors (Lipinski definition) is 1. The number of halogens is 4. The number of amides is 1. The Bertz CT molecular complexity index is 1730. The van der Waals surface area contributed by atoms with Gasteiger partial charge in [0, 0.05) is 6.07 Å². The number of rotatable bonds is 6. The molecule has 5 rings (SSSR count). The van der Waals surface area contributed by atoms with Crippen molar-refractivity contribution in [1.82, 2.24) is 0 Å². The number of fused-ring (bicyclic) bond motifs is 2. The summed E-state index contributed by atoms with van der Waals surface area (Å²) in [5, 5.41) is 4.46. The summed E-state index contributed by atoms with van der Waals surface area (Å²) in [6.45, 7) is -0.522. The molecule has 0 fully saturated rings. The lowest BCUT2D eigenvalue weighted by Gasteiger charge is -2.12. The fourth-order valence-corrected chi connectivity index (χ4v) is 3.91. The van der Waals surface area contributed by atoms with Crippen LogP contribution in [0.3, 0.4) is 0 Å². The second kappa shape index (κ2) is 10.1. The molecular formula is C28H17ClF3NO5. The number of carbonyl (C=O) groups is 1. The predicted octanol–water partition coefficient (Wildman–Crippen LogP) is 7.43. The van der Waals surface area contributed by atoms with Crippen LogP contribution >= 0.6 is 11.6 Å². The van der Waals surface area contributed by atoms with Gasteiger partial charge in [-0.15, -0.1) is 0 Å². The van der Waals surface area contributed by atoms with Crippen molar-refractivity contribution in [2.45, 2.75) is 6.18 Å². The summed E-state index contributed by atoms with van der Waals surface area (Å²) in [5.74, 6) is -0.0537. The largest absolute Gasteiger partial charge is 0.484 e. The van der Waals surface area contributed by atoms with Gasteiger partial charge in [-0.2, -0.15) is 13.2 Å². The van der Waals surface area contributed by atoms with Crippen LogP contribution in [0.4, 0.5) is 18.9 Å². The van der Waals surface area contributed by atoms with Crippen LogP contribution in [0.1, 0.15) is 5.56 Å². The van der Waals surface area contributed by atoms with Crippen LogP contribution in [0.25, 0.3) is 21.7 Å². The molecule has 0 atom stereocenters. The molecule has 0 aliphatic rings. The molecule has 0 bridgehead atoms. The van der Waals surface area contributed by atoms with Gasteiger partial charge in [-0.3, -0.25) is 9.59 Å². The number of benzene rings is 4. The van der Waals surface area contributed by atoms with Crippen molar-refractivity contribution < 1.29 is 31.9 Å². The maximum absolute atomic E-state index is 12.9. The van der Waals surface area contributed by atoms with E-state index in [2.05, 4.69) is 5.32 Å². The lowest BCUT2D eigenvalue weighted by Crippen LogP contribution is -2.20. The third-order valence-corrected chi connectivity index (χ3v) is 5.93. The Balaban J connectivity index is 1.28. The number of anilines is 1. The summed E-state index contributed by atoms with van der Waals surface area (Å²) in [6, 6.07) is 20.1. The summed E-state index contributed by atoms with van der Waals surface area (Å²) in [7, 11) is 0. The van der Waals surface area contributed by atoms with Crippen LogP contribution in [0, 0.1) is 0 Å². The molecule has 6 nitrogen and oxygen atoms in total. The summed E-state index contributed by atoms with van der Waals surface area (Å²) >= 11 is 5.90. The highest BCUT2D eigenvalue weighted by Crippen LogP contribution is 2.34.